The van der Waals surface area contributed by atoms with Gasteiger partial charge in [-0.15, -0.1) is 0 Å². The number of halogens is 2. The maximum absolute atomic E-state index is 12.2. The molecule has 1 fully saturated rings. The summed E-state index contributed by atoms with van der Waals surface area (Å²) in [5, 5.41) is 19.1. The van der Waals surface area contributed by atoms with Gasteiger partial charge < -0.3 is 9.84 Å². The molecule has 13 heavy (non-hydrogen) atoms. The molecule has 0 aromatic heterocycles. The van der Waals surface area contributed by atoms with Crippen molar-refractivity contribution in [2.45, 2.75) is 37.7 Å². The topological polar surface area (TPSA) is 72.6 Å². The summed E-state index contributed by atoms with van der Waals surface area (Å²) >= 11 is 0. The zero-order valence-electron chi connectivity index (χ0n) is 6.60. The average molecular weight is 197 g/mol. The zero-order valence-corrected chi connectivity index (χ0v) is 6.60. The molecule has 0 aromatic carbocycles. The molecular formula is C6H9F2NO4. The minimum atomic E-state index is -2.94. The van der Waals surface area contributed by atoms with Gasteiger partial charge in [-0.3, -0.25) is 10.1 Å². The summed E-state index contributed by atoms with van der Waals surface area (Å²) in [6.45, 7) is 0. The molecule has 0 spiro atoms. The van der Waals surface area contributed by atoms with Crippen molar-refractivity contribution in [2.24, 2.45) is 0 Å². The number of hydrogen-bond acceptors (Lipinski definition) is 4. The lowest BCUT2D eigenvalue weighted by Crippen LogP contribution is -2.47. The van der Waals surface area contributed by atoms with Gasteiger partial charge in [-0.1, -0.05) is 0 Å². The first-order chi connectivity index (χ1) is 6.02. The lowest BCUT2D eigenvalue weighted by atomic mass is 10.0. The van der Waals surface area contributed by atoms with E-state index in [1.807, 2.05) is 0 Å². The van der Waals surface area contributed by atoms with Crippen molar-refractivity contribution in [1.82, 2.24) is 0 Å². The lowest BCUT2D eigenvalue weighted by molar-refractivity contribution is -0.549. The number of nitro groups is 1. The van der Waals surface area contributed by atoms with Crippen LogP contribution in [0.2, 0.25) is 0 Å². The number of aliphatic hydroxyl groups excluding tert-OH is 1. The SMILES string of the molecule is O=[N+]([O-])C1CCC(O)OC1C(F)F. The molecule has 1 aliphatic rings. The van der Waals surface area contributed by atoms with Crippen LogP contribution in [0.3, 0.4) is 0 Å². The van der Waals surface area contributed by atoms with Crippen molar-refractivity contribution in [1.29, 1.82) is 0 Å². The highest BCUT2D eigenvalue weighted by atomic mass is 19.3. The summed E-state index contributed by atoms with van der Waals surface area (Å²) in [4.78, 5) is 9.50. The average Bonchev–Trinajstić information content (AvgIpc) is 2.03. The molecule has 0 aromatic rings. The van der Waals surface area contributed by atoms with E-state index in [4.69, 9.17) is 5.11 Å². The molecular weight excluding hydrogens is 188 g/mol. The van der Waals surface area contributed by atoms with E-state index in [9.17, 15) is 18.9 Å². The maximum Gasteiger partial charge on any atom is 0.271 e. The van der Waals surface area contributed by atoms with Gasteiger partial charge in [-0.05, 0) is 0 Å². The highest BCUT2D eigenvalue weighted by Crippen LogP contribution is 2.24. The molecule has 0 amide bonds. The first-order valence-corrected chi connectivity index (χ1v) is 3.77. The lowest BCUT2D eigenvalue weighted by Gasteiger charge is -2.28. The second-order valence-corrected chi connectivity index (χ2v) is 2.82. The monoisotopic (exact) mass is 197 g/mol. The standard InChI is InChI=1S/C6H9F2NO4/c7-6(8)5-3(9(11)12)1-2-4(10)13-5/h3-6,10H,1-2H2. The molecule has 0 radical (unpaired) electrons. The fourth-order valence-electron chi connectivity index (χ4n) is 1.27. The van der Waals surface area contributed by atoms with Gasteiger partial charge in [0.05, 0.1) is 0 Å². The quantitative estimate of drug-likeness (QED) is 0.513. The number of alkyl halides is 2. The van der Waals surface area contributed by atoms with Gasteiger partial charge in [0.1, 0.15) is 0 Å². The molecule has 1 aliphatic heterocycles. The number of nitrogens with zero attached hydrogens (tertiary/aromatic N) is 1. The van der Waals surface area contributed by atoms with Crippen molar-refractivity contribution < 1.29 is 23.5 Å². The highest BCUT2D eigenvalue weighted by molar-refractivity contribution is 4.77. The first-order valence-electron chi connectivity index (χ1n) is 3.77. The first kappa shape index (κ1) is 10.3. The van der Waals surface area contributed by atoms with Crippen LogP contribution in [-0.4, -0.2) is 34.9 Å². The van der Waals surface area contributed by atoms with Gasteiger partial charge in [0.25, 0.3) is 6.43 Å². The summed E-state index contributed by atoms with van der Waals surface area (Å²) in [5.74, 6) is 0. The smallest absolute Gasteiger partial charge is 0.271 e. The molecule has 1 N–H and O–H groups in total. The number of hydrogen-bond donors (Lipinski definition) is 1. The zero-order chi connectivity index (χ0) is 10.0. The second kappa shape index (κ2) is 3.93. The molecule has 1 saturated heterocycles. The molecule has 0 bridgehead atoms. The van der Waals surface area contributed by atoms with Crippen LogP contribution >= 0.6 is 0 Å². The fraction of sp³-hybridized carbons (Fsp3) is 1.00. The van der Waals surface area contributed by atoms with E-state index in [1.165, 1.54) is 0 Å². The third kappa shape index (κ3) is 2.31. The van der Waals surface area contributed by atoms with Gasteiger partial charge in [0, 0.05) is 17.8 Å². The van der Waals surface area contributed by atoms with Crippen LogP contribution in [0.25, 0.3) is 0 Å². The van der Waals surface area contributed by atoms with Crippen LogP contribution in [0.15, 0.2) is 0 Å². The highest BCUT2D eigenvalue weighted by Gasteiger charge is 2.44. The van der Waals surface area contributed by atoms with Crippen LogP contribution in [0, 0.1) is 10.1 Å². The Morgan fingerprint density at radius 1 is 1.54 bits per heavy atom. The van der Waals surface area contributed by atoms with Crippen molar-refractivity contribution in [3.05, 3.63) is 10.1 Å². The Kier molecular flexibility index (Phi) is 3.10. The number of aliphatic hydroxyl groups is 1. The van der Waals surface area contributed by atoms with Gasteiger partial charge >= 0.3 is 0 Å². The van der Waals surface area contributed by atoms with E-state index in [2.05, 4.69) is 4.74 Å². The van der Waals surface area contributed by atoms with Crippen molar-refractivity contribution in [2.75, 3.05) is 0 Å². The summed E-state index contributed by atoms with van der Waals surface area (Å²) in [5.41, 5.74) is 0. The predicted molar refractivity (Wildman–Crippen MR) is 36.9 cm³/mol. The largest absolute Gasteiger partial charge is 0.368 e. The predicted octanol–water partition coefficient (Wildman–Crippen LogP) is 0.394. The molecule has 7 heteroatoms. The van der Waals surface area contributed by atoms with Gasteiger partial charge in [0.2, 0.25) is 6.04 Å². The maximum atomic E-state index is 12.2. The van der Waals surface area contributed by atoms with Gasteiger partial charge in [-0.25, -0.2) is 8.78 Å². The van der Waals surface area contributed by atoms with E-state index in [-0.39, 0.29) is 12.8 Å². The van der Waals surface area contributed by atoms with E-state index in [0.29, 0.717) is 0 Å². The Bertz CT molecular complexity index is 201. The normalized spacial score (nSPS) is 34.9. The third-order valence-corrected chi connectivity index (χ3v) is 1.92. The van der Waals surface area contributed by atoms with Crippen LogP contribution in [0.1, 0.15) is 12.8 Å². The summed E-state index contributed by atoms with van der Waals surface area (Å²) in [7, 11) is 0. The minimum Gasteiger partial charge on any atom is -0.368 e. The molecule has 3 unspecified atom stereocenters. The van der Waals surface area contributed by atoms with Crippen molar-refractivity contribution in [3.8, 4) is 0 Å². The van der Waals surface area contributed by atoms with E-state index in [0.717, 1.165) is 0 Å². The van der Waals surface area contributed by atoms with Crippen LogP contribution in [0.4, 0.5) is 8.78 Å². The fourth-order valence-corrected chi connectivity index (χ4v) is 1.27. The van der Waals surface area contributed by atoms with Crippen molar-refractivity contribution >= 4 is 0 Å². The molecule has 1 rings (SSSR count). The molecule has 0 saturated carbocycles. The summed E-state index contributed by atoms with van der Waals surface area (Å²) in [6, 6.07) is -1.41. The molecule has 76 valence electrons. The van der Waals surface area contributed by atoms with E-state index < -0.39 is 29.8 Å². The Morgan fingerprint density at radius 3 is 2.62 bits per heavy atom. The molecule has 1 heterocycles. The van der Waals surface area contributed by atoms with Gasteiger partial charge in [-0.2, -0.15) is 0 Å². The third-order valence-electron chi connectivity index (χ3n) is 1.92. The molecule has 3 atom stereocenters. The number of ether oxygens (including phenoxy) is 1. The minimum absolute atomic E-state index is 0.0227. The van der Waals surface area contributed by atoms with Crippen LogP contribution < -0.4 is 0 Å². The van der Waals surface area contributed by atoms with Crippen molar-refractivity contribution in [3.63, 3.8) is 0 Å². The Balaban J connectivity index is 2.66. The Morgan fingerprint density at radius 2 is 2.15 bits per heavy atom. The Labute approximate surface area is 72.4 Å². The van der Waals surface area contributed by atoms with E-state index >= 15 is 0 Å². The van der Waals surface area contributed by atoms with Gasteiger partial charge in [0.15, 0.2) is 12.4 Å². The van der Waals surface area contributed by atoms with Crippen LogP contribution in [-0.2, 0) is 4.74 Å². The Hall–Kier alpha value is -0.820. The summed E-state index contributed by atoms with van der Waals surface area (Å²) < 4.78 is 28.7. The molecule has 0 aliphatic carbocycles. The summed E-state index contributed by atoms with van der Waals surface area (Å²) in [6.07, 6.45) is -6.10. The van der Waals surface area contributed by atoms with E-state index in [1.54, 1.807) is 0 Å². The second-order valence-electron chi connectivity index (χ2n) is 2.82. The number of rotatable bonds is 2. The van der Waals surface area contributed by atoms with Crippen LogP contribution in [0.5, 0.6) is 0 Å². The molecule has 5 nitrogen and oxygen atoms in total.